The van der Waals surface area contributed by atoms with Gasteiger partial charge in [-0.15, -0.1) is 0 Å². The van der Waals surface area contributed by atoms with E-state index < -0.39 is 0 Å². The molecule has 0 unspecified atom stereocenters. The summed E-state index contributed by atoms with van der Waals surface area (Å²) in [5, 5.41) is 9.75. The Labute approximate surface area is 148 Å². The van der Waals surface area contributed by atoms with Crippen LogP contribution in [0.3, 0.4) is 0 Å². The molecule has 7 heteroatoms. The van der Waals surface area contributed by atoms with Crippen LogP contribution in [0.2, 0.25) is 0 Å². The first-order valence-electron chi connectivity index (χ1n) is 9.06. The second kappa shape index (κ2) is 8.01. The first kappa shape index (κ1) is 17.9. The molecule has 2 fully saturated rings. The standard InChI is InChI=1S/C18H27N3O4/c1-2-15(22)12-19-5-7-20(8-6-19)18(24)14-10-17(23)21(11-14)13-16-4-3-9-25-16/h3-4,9,14-15,22H,2,5-8,10-13H2,1H3/t14-,15-/m0/s1. The topological polar surface area (TPSA) is 77.2 Å². The van der Waals surface area contributed by atoms with Crippen LogP contribution >= 0.6 is 0 Å². The van der Waals surface area contributed by atoms with Crippen LogP contribution in [0.15, 0.2) is 22.8 Å². The fraction of sp³-hybridized carbons (Fsp3) is 0.667. The van der Waals surface area contributed by atoms with E-state index in [1.165, 1.54) is 0 Å². The average molecular weight is 349 g/mol. The molecule has 2 aliphatic heterocycles. The first-order chi connectivity index (χ1) is 12.1. The van der Waals surface area contributed by atoms with E-state index in [1.54, 1.807) is 17.2 Å². The third-order valence-electron chi connectivity index (χ3n) is 5.11. The number of carbonyl (C=O) groups excluding carboxylic acids is 2. The van der Waals surface area contributed by atoms with E-state index in [1.807, 2.05) is 17.9 Å². The van der Waals surface area contributed by atoms with Gasteiger partial charge in [-0.05, 0) is 18.6 Å². The summed E-state index contributed by atoms with van der Waals surface area (Å²) in [4.78, 5) is 30.7. The van der Waals surface area contributed by atoms with Gasteiger partial charge in [-0.1, -0.05) is 6.92 Å². The van der Waals surface area contributed by atoms with Gasteiger partial charge in [0.1, 0.15) is 5.76 Å². The Hall–Kier alpha value is -1.86. The highest BCUT2D eigenvalue weighted by atomic mass is 16.3. The summed E-state index contributed by atoms with van der Waals surface area (Å²) in [5.41, 5.74) is 0. The van der Waals surface area contributed by atoms with E-state index in [0.717, 1.165) is 25.3 Å². The Kier molecular flexibility index (Phi) is 5.75. The highest BCUT2D eigenvalue weighted by Gasteiger charge is 2.37. The van der Waals surface area contributed by atoms with Crippen molar-refractivity contribution >= 4 is 11.8 Å². The maximum absolute atomic E-state index is 12.7. The summed E-state index contributed by atoms with van der Waals surface area (Å²) in [5.74, 6) is 0.574. The lowest BCUT2D eigenvalue weighted by molar-refractivity contribution is -0.137. The summed E-state index contributed by atoms with van der Waals surface area (Å²) in [6.45, 7) is 6.41. The molecule has 1 aromatic heterocycles. The van der Waals surface area contributed by atoms with Crippen molar-refractivity contribution in [2.45, 2.75) is 32.4 Å². The lowest BCUT2D eigenvalue weighted by atomic mass is 10.1. The summed E-state index contributed by atoms with van der Waals surface area (Å²) >= 11 is 0. The Morgan fingerprint density at radius 2 is 2.12 bits per heavy atom. The molecule has 0 bridgehead atoms. The van der Waals surface area contributed by atoms with Crippen LogP contribution in [0.25, 0.3) is 0 Å². The number of β-amino-alcohol motifs (C(OH)–C–C–N with tert-alkyl or cyclic N) is 1. The molecule has 1 aromatic rings. The molecule has 2 saturated heterocycles. The number of carbonyl (C=O) groups is 2. The van der Waals surface area contributed by atoms with E-state index in [2.05, 4.69) is 4.90 Å². The van der Waals surface area contributed by atoms with E-state index in [-0.39, 0.29) is 30.3 Å². The summed E-state index contributed by atoms with van der Waals surface area (Å²) in [7, 11) is 0. The first-order valence-corrected chi connectivity index (χ1v) is 9.06. The van der Waals surface area contributed by atoms with Crippen LogP contribution in [0, 0.1) is 5.92 Å². The Morgan fingerprint density at radius 1 is 1.36 bits per heavy atom. The number of hydrogen-bond donors (Lipinski definition) is 1. The number of furan rings is 1. The molecule has 25 heavy (non-hydrogen) atoms. The lowest BCUT2D eigenvalue weighted by Gasteiger charge is -2.36. The van der Waals surface area contributed by atoms with Gasteiger partial charge in [-0.3, -0.25) is 14.5 Å². The number of amides is 2. The monoisotopic (exact) mass is 349 g/mol. The minimum absolute atomic E-state index is 0.0134. The van der Waals surface area contributed by atoms with Crippen LogP contribution in [0.4, 0.5) is 0 Å². The fourth-order valence-corrected chi connectivity index (χ4v) is 3.52. The highest BCUT2D eigenvalue weighted by Crippen LogP contribution is 2.23. The number of piperazine rings is 1. The highest BCUT2D eigenvalue weighted by molar-refractivity contribution is 5.89. The molecule has 1 N–H and O–H groups in total. The van der Waals surface area contributed by atoms with Crippen LogP contribution in [0.5, 0.6) is 0 Å². The summed E-state index contributed by atoms with van der Waals surface area (Å²) < 4.78 is 5.29. The van der Waals surface area contributed by atoms with Gasteiger partial charge in [-0.25, -0.2) is 0 Å². The molecule has 2 atom stereocenters. The van der Waals surface area contributed by atoms with E-state index >= 15 is 0 Å². The van der Waals surface area contributed by atoms with Crippen molar-refractivity contribution in [2.24, 2.45) is 5.92 Å². The molecule has 7 nitrogen and oxygen atoms in total. The van der Waals surface area contributed by atoms with Crippen molar-refractivity contribution in [2.75, 3.05) is 39.3 Å². The number of aliphatic hydroxyl groups is 1. The minimum Gasteiger partial charge on any atom is -0.467 e. The van der Waals surface area contributed by atoms with Gasteiger partial charge in [0.25, 0.3) is 0 Å². The zero-order valence-electron chi connectivity index (χ0n) is 14.8. The molecule has 0 spiro atoms. The molecule has 3 heterocycles. The third kappa shape index (κ3) is 4.41. The number of nitrogens with zero attached hydrogens (tertiary/aromatic N) is 3. The number of hydrogen-bond acceptors (Lipinski definition) is 5. The molecule has 2 amide bonds. The van der Waals surface area contributed by atoms with Gasteiger partial charge in [0.2, 0.25) is 11.8 Å². The molecule has 3 rings (SSSR count). The average Bonchev–Trinajstić information content (AvgIpc) is 3.25. The van der Waals surface area contributed by atoms with Crippen molar-refractivity contribution in [3.63, 3.8) is 0 Å². The van der Waals surface area contributed by atoms with E-state index in [4.69, 9.17) is 4.42 Å². The molecule has 138 valence electrons. The van der Waals surface area contributed by atoms with Gasteiger partial charge < -0.3 is 19.3 Å². The SMILES string of the molecule is CC[C@H](O)CN1CCN(C(=O)[C@H]2CC(=O)N(Cc3ccco3)C2)CC1. The van der Waals surface area contributed by atoms with Crippen LogP contribution in [-0.4, -0.2) is 77.0 Å². The van der Waals surface area contributed by atoms with Gasteiger partial charge in [0, 0.05) is 45.7 Å². The zero-order valence-corrected chi connectivity index (χ0v) is 14.8. The van der Waals surface area contributed by atoms with Gasteiger partial charge in [-0.2, -0.15) is 0 Å². The molecule has 0 aliphatic carbocycles. The molecular formula is C18H27N3O4. The molecule has 2 aliphatic rings. The predicted molar refractivity (Wildman–Crippen MR) is 91.5 cm³/mol. The molecule has 0 saturated carbocycles. The Morgan fingerprint density at radius 3 is 2.76 bits per heavy atom. The van der Waals surface area contributed by atoms with Gasteiger partial charge in [0.05, 0.1) is 24.8 Å². The minimum atomic E-state index is -0.301. The van der Waals surface area contributed by atoms with Crippen molar-refractivity contribution in [3.05, 3.63) is 24.2 Å². The second-order valence-electron chi connectivity index (χ2n) is 6.94. The molecular weight excluding hydrogens is 322 g/mol. The van der Waals surface area contributed by atoms with E-state index in [9.17, 15) is 14.7 Å². The van der Waals surface area contributed by atoms with Crippen LogP contribution in [-0.2, 0) is 16.1 Å². The quantitative estimate of drug-likeness (QED) is 0.811. The normalized spacial score (nSPS) is 23.3. The molecule has 0 radical (unpaired) electrons. The number of rotatable bonds is 6. The van der Waals surface area contributed by atoms with Crippen molar-refractivity contribution in [3.8, 4) is 0 Å². The summed E-state index contributed by atoms with van der Waals surface area (Å²) in [6, 6.07) is 3.64. The van der Waals surface area contributed by atoms with Crippen molar-refractivity contribution in [1.29, 1.82) is 0 Å². The Balaban J connectivity index is 1.48. The number of aliphatic hydroxyl groups excluding tert-OH is 1. The fourth-order valence-electron chi connectivity index (χ4n) is 3.52. The van der Waals surface area contributed by atoms with E-state index in [0.29, 0.717) is 32.7 Å². The molecule has 0 aromatic carbocycles. The van der Waals surface area contributed by atoms with Crippen LogP contribution in [0.1, 0.15) is 25.5 Å². The second-order valence-corrected chi connectivity index (χ2v) is 6.94. The third-order valence-corrected chi connectivity index (χ3v) is 5.11. The zero-order chi connectivity index (χ0) is 17.8. The van der Waals surface area contributed by atoms with Crippen LogP contribution < -0.4 is 0 Å². The van der Waals surface area contributed by atoms with Crippen molar-refractivity contribution < 1.29 is 19.1 Å². The number of likely N-dealkylation sites (tertiary alicyclic amines) is 1. The smallest absolute Gasteiger partial charge is 0.228 e. The lowest BCUT2D eigenvalue weighted by Crippen LogP contribution is -2.52. The van der Waals surface area contributed by atoms with Crippen molar-refractivity contribution in [1.82, 2.24) is 14.7 Å². The maximum atomic E-state index is 12.7. The predicted octanol–water partition coefficient (Wildman–Crippen LogP) is 0.543. The maximum Gasteiger partial charge on any atom is 0.228 e. The summed E-state index contributed by atoms with van der Waals surface area (Å²) in [6.07, 6.45) is 2.32. The Bertz CT molecular complexity index is 581. The van der Waals surface area contributed by atoms with Gasteiger partial charge in [0.15, 0.2) is 0 Å². The van der Waals surface area contributed by atoms with Gasteiger partial charge >= 0.3 is 0 Å². The largest absolute Gasteiger partial charge is 0.467 e.